The van der Waals surface area contributed by atoms with Gasteiger partial charge in [0.2, 0.25) is 0 Å². The molecule has 0 aromatic heterocycles. The summed E-state index contributed by atoms with van der Waals surface area (Å²) >= 11 is 6.14. The summed E-state index contributed by atoms with van der Waals surface area (Å²) < 4.78 is 10.2. The molecule has 5 heteroatoms. The third kappa shape index (κ3) is 4.31. The number of carbonyl (C=O) groups is 1. The van der Waals surface area contributed by atoms with Crippen LogP contribution in [-0.4, -0.2) is 13.1 Å². The van der Waals surface area contributed by atoms with Crippen LogP contribution in [-0.2, 0) is 14.3 Å². The van der Waals surface area contributed by atoms with Crippen molar-refractivity contribution in [2.24, 2.45) is 0 Å². The average Bonchev–Trinajstić information content (AvgIpc) is 2.55. The lowest BCUT2D eigenvalue weighted by Gasteiger charge is -2.29. The molecule has 0 aliphatic carbocycles. The molecule has 0 N–H and O–H groups in total. The molecule has 2 atom stereocenters. The second kappa shape index (κ2) is 7.94. The zero-order chi connectivity index (χ0) is 15.9. The number of halogens is 1. The second-order valence-electron chi connectivity index (χ2n) is 4.67. The number of esters is 1. The Bertz CT molecular complexity index is 615. The van der Waals surface area contributed by atoms with Crippen LogP contribution in [0.2, 0.25) is 5.02 Å². The van der Waals surface area contributed by atoms with Gasteiger partial charge in [-0.1, -0.05) is 60.1 Å². The molecule has 0 spiro atoms. The Morgan fingerprint density at radius 2 is 1.77 bits per heavy atom. The quantitative estimate of drug-likeness (QED) is 0.606. The molecule has 0 aliphatic heterocycles. The molecule has 0 aliphatic rings. The van der Waals surface area contributed by atoms with E-state index in [1.807, 2.05) is 6.07 Å². The molecule has 0 saturated heterocycles. The first-order valence-corrected chi connectivity index (χ1v) is 7.17. The largest absolute Gasteiger partial charge is 0.827 e. The Hall–Kier alpha value is -1.88. The van der Waals surface area contributed by atoms with E-state index in [1.54, 1.807) is 48.5 Å². The minimum atomic E-state index is -1.41. The maximum Gasteiger partial charge on any atom is 0.308 e. The van der Waals surface area contributed by atoms with E-state index in [-0.39, 0.29) is 6.42 Å². The molecule has 1 unspecified atom stereocenters. The highest BCUT2D eigenvalue weighted by atomic mass is 35.5. The van der Waals surface area contributed by atoms with E-state index in [2.05, 4.69) is 4.74 Å². The van der Waals surface area contributed by atoms with Crippen molar-refractivity contribution >= 4 is 17.6 Å². The van der Waals surface area contributed by atoms with Crippen LogP contribution in [0.15, 0.2) is 54.6 Å². The van der Waals surface area contributed by atoms with Crippen LogP contribution in [0.5, 0.6) is 0 Å². The Labute approximate surface area is 134 Å². The maximum absolute atomic E-state index is 12.3. The molecule has 0 saturated carbocycles. The van der Waals surface area contributed by atoms with Crippen molar-refractivity contribution in [3.8, 4) is 0 Å². The van der Waals surface area contributed by atoms with Crippen LogP contribution in [0.1, 0.15) is 29.9 Å². The third-order valence-electron chi connectivity index (χ3n) is 3.19. The van der Waals surface area contributed by atoms with E-state index in [4.69, 9.17) is 16.3 Å². The van der Waals surface area contributed by atoms with Crippen molar-refractivity contribution in [1.29, 1.82) is 0 Å². The number of benzene rings is 2. The standard InChI is InChI=1S/C17H16ClO4/c1-21-16(19)11-15(13-9-5-6-10-14(13)18)22-17(20)12-7-3-2-4-8-12/h2-10,15,17H,11H2,1H3/q-1/t15-,17?/m1/s1. The van der Waals surface area contributed by atoms with Gasteiger partial charge in [0.15, 0.2) is 0 Å². The predicted octanol–water partition coefficient (Wildman–Crippen LogP) is 3.02. The van der Waals surface area contributed by atoms with Crippen LogP contribution in [0.4, 0.5) is 0 Å². The van der Waals surface area contributed by atoms with Crippen molar-refractivity contribution in [2.75, 3.05) is 7.11 Å². The summed E-state index contributed by atoms with van der Waals surface area (Å²) in [4.78, 5) is 11.6. The highest BCUT2D eigenvalue weighted by Gasteiger charge is 2.20. The van der Waals surface area contributed by atoms with Gasteiger partial charge in [-0.3, -0.25) is 4.79 Å². The lowest BCUT2D eigenvalue weighted by Crippen LogP contribution is -2.23. The summed E-state index contributed by atoms with van der Waals surface area (Å²) in [6.45, 7) is 0. The van der Waals surface area contributed by atoms with E-state index in [9.17, 15) is 9.90 Å². The third-order valence-corrected chi connectivity index (χ3v) is 3.54. The van der Waals surface area contributed by atoms with Crippen LogP contribution in [0.3, 0.4) is 0 Å². The SMILES string of the molecule is COC(=O)C[C@@H](OC([O-])c1ccccc1)c1ccccc1Cl. The monoisotopic (exact) mass is 319 g/mol. The van der Waals surface area contributed by atoms with Gasteiger partial charge < -0.3 is 14.6 Å². The Kier molecular flexibility index (Phi) is 5.95. The Morgan fingerprint density at radius 1 is 1.14 bits per heavy atom. The summed E-state index contributed by atoms with van der Waals surface area (Å²) in [5, 5.41) is 12.7. The van der Waals surface area contributed by atoms with Gasteiger partial charge in [-0.15, -0.1) is 0 Å². The van der Waals surface area contributed by atoms with Gasteiger partial charge in [-0.2, -0.15) is 0 Å². The predicted molar refractivity (Wildman–Crippen MR) is 81.1 cm³/mol. The highest BCUT2D eigenvalue weighted by Crippen LogP contribution is 2.31. The van der Waals surface area contributed by atoms with Gasteiger partial charge in [0.25, 0.3) is 0 Å². The molecule has 22 heavy (non-hydrogen) atoms. The lowest BCUT2D eigenvalue weighted by molar-refractivity contribution is -0.507. The first-order chi connectivity index (χ1) is 10.6. The molecule has 2 aromatic rings. The molecule has 0 radical (unpaired) electrons. The van der Waals surface area contributed by atoms with E-state index in [0.29, 0.717) is 16.1 Å². The Morgan fingerprint density at radius 3 is 2.41 bits per heavy atom. The van der Waals surface area contributed by atoms with Gasteiger partial charge in [0.1, 0.15) is 0 Å². The molecule has 4 nitrogen and oxygen atoms in total. The average molecular weight is 320 g/mol. The number of rotatable bonds is 6. The summed E-state index contributed by atoms with van der Waals surface area (Å²) in [5.41, 5.74) is 1.08. The van der Waals surface area contributed by atoms with Gasteiger partial charge in [0, 0.05) is 11.3 Å². The summed E-state index contributed by atoms with van der Waals surface area (Å²) in [6, 6.07) is 15.7. The lowest BCUT2D eigenvalue weighted by atomic mass is 10.1. The number of hydrogen-bond donors (Lipinski definition) is 0. The smallest absolute Gasteiger partial charge is 0.308 e. The van der Waals surface area contributed by atoms with E-state index in [0.717, 1.165) is 0 Å². The second-order valence-corrected chi connectivity index (χ2v) is 5.08. The topological polar surface area (TPSA) is 58.6 Å². The Balaban J connectivity index is 2.21. The van der Waals surface area contributed by atoms with Crippen LogP contribution >= 0.6 is 11.6 Å². The normalized spacial score (nSPS) is 13.4. The van der Waals surface area contributed by atoms with E-state index in [1.165, 1.54) is 7.11 Å². The van der Waals surface area contributed by atoms with Crippen molar-refractivity contribution in [3.05, 3.63) is 70.7 Å². The first-order valence-electron chi connectivity index (χ1n) is 6.79. The van der Waals surface area contributed by atoms with E-state index < -0.39 is 18.4 Å². The minimum absolute atomic E-state index is 0.0776. The molecule has 0 heterocycles. The molecule has 2 rings (SSSR count). The number of hydrogen-bond acceptors (Lipinski definition) is 4. The maximum atomic E-state index is 12.3. The minimum Gasteiger partial charge on any atom is -0.827 e. The zero-order valence-corrected chi connectivity index (χ0v) is 12.8. The van der Waals surface area contributed by atoms with Crippen molar-refractivity contribution in [3.63, 3.8) is 0 Å². The van der Waals surface area contributed by atoms with Crippen molar-refractivity contribution < 1.29 is 19.4 Å². The van der Waals surface area contributed by atoms with Crippen LogP contribution < -0.4 is 5.11 Å². The highest BCUT2D eigenvalue weighted by molar-refractivity contribution is 6.31. The fourth-order valence-electron chi connectivity index (χ4n) is 2.04. The van der Waals surface area contributed by atoms with Crippen molar-refractivity contribution in [1.82, 2.24) is 0 Å². The molecule has 0 bridgehead atoms. The summed E-state index contributed by atoms with van der Waals surface area (Å²) in [5.74, 6) is -0.467. The van der Waals surface area contributed by atoms with Gasteiger partial charge in [-0.25, -0.2) is 0 Å². The first kappa shape index (κ1) is 16.5. The number of carbonyl (C=O) groups excluding carboxylic acids is 1. The summed E-state index contributed by atoms with van der Waals surface area (Å²) in [6.07, 6.45) is -2.25. The molecule has 0 fully saturated rings. The molecular formula is C17H16ClO4-. The van der Waals surface area contributed by atoms with Gasteiger partial charge >= 0.3 is 5.97 Å². The van der Waals surface area contributed by atoms with Gasteiger partial charge in [0.05, 0.1) is 19.6 Å². The zero-order valence-electron chi connectivity index (χ0n) is 12.1. The molecule has 2 aromatic carbocycles. The van der Waals surface area contributed by atoms with Crippen molar-refractivity contribution in [2.45, 2.75) is 18.8 Å². The molecule has 116 valence electrons. The van der Waals surface area contributed by atoms with Gasteiger partial charge in [-0.05, 0) is 17.2 Å². The fraction of sp³-hybridized carbons (Fsp3) is 0.235. The molecule has 0 amide bonds. The van der Waals surface area contributed by atoms with Crippen LogP contribution in [0, 0.1) is 0 Å². The molecular weight excluding hydrogens is 304 g/mol. The number of methoxy groups -OCH3 is 1. The number of ether oxygens (including phenoxy) is 2. The fourth-order valence-corrected chi connectivity index (χ4v) is 2.30. The van der Waals surface area contributed by atoms with Crippen LogP contribution in [0.25, 0.3) is 0 Å². The summed E-state index contributed by atoms with van der Waals surface area (Å²) in [7, 11) is 1.29. The van der Waals surface area contributed by atoms with E-state index >= 15 is 0 Å².